The summed E-state index contributed by atoms with van der Waals surface area (Å²) in [5.74, 6) is 0. The zero-order valence-corrected chi connectivity index (χ0v) is 21.7. The Labute approximate surface area is 221 Å². The maximum Gasteiger partial charge on any atom is 0.0800 e. The molecule has 0 nitrogen and oxygen atoms in total. The minimum Gasteiger partial charge on any atom is -0.0819 e. The van der Waals surface area contributed by atoms with Crippen molar-refractivity contribution in [2.24, 2.45) is 0 Å². The van der Waals surface area contributed by atoms with Crippen LogP contribution in [0.5, 0.6) is 0 Å². The number of rotatable bonds is 0. The largest absolute Gasteiger partial charge is 0.0819 e. The average Bonchev–Trinajstić information content (AvgIpc) is 2.80. The quantitative estimate of drug-likeness (QED) is 0.126. The third-order valence-electron chi connectivity index (χ3n) is 5.47. The van der Waals surface area contributed by atoms with Gasteiger partial charge in [0.2, 0.25) is 0 Å². The second kappa shape index (κ2) is 8.45. The van der Waals surface area contributed by atoms with Crippen LogP contribution in [0.2, 0.25) is 40.2 Å². The first kappa shape index (κ1) is 23.0. The van der Waals surface area contributed by atoms with Crippen LogP contribution in [0.25, 0.3) is 0 Å². The van der Waals surface area contributed by atoms with E-state index in [4.69, 9.17) is 92.8 Å². The molecular weight excluding hydrogens is 572 g/mol. The van der Waals surface area contributed by atoms with E-state index in [1.165, 1.54) is 0 Å². The van der Waals surface area contributed by atoms with Gasteiger partial charge in [0.15, 0.2) is 0 Å². The van der Waals surface area contributed by atoms with Gasteiger partial charge in [-0.2, -0.15) is 0 Å². The fraction of sp³-hybridized carbons (Fsp3) is 0. The highest BCUT2D eigenvalue weighted by Gasteiger charge is 2.18. The van der Waals surface area contributed by atoms with Gasteiger partial charge in [-0.3, -0.25) is 0 Å². The zero-order chi connectivity index (χ0) is 22.9. The topological polar surface area (TPSA) is 0 Å². The van der Waals surface area contributed by atoms with E-state index >= 15 is 0 Å². The Kier molecular flexibility index (Phi) is 6.06. The van der Waals surface area contributed by atoms with Gasteiger partial charge in [-0.05, 0) is 20.9 Å². The molecule has 32 heavy (non-hydrogen) atoms. The predicted octanol–water partition coefficient (Wildman–Crippen LogP) is 10.4. The molecule has 0 radical (unpaired) electrons. The average molecular weight is 580 g/mol. The molecule has 4 aromatic carbocycles. The van der Waals surface area contributed by atoms with E-state index in [2.05, 4.69) is 0 Å². The Balaban J connectivity index is 2.55. The molecule has 4 aromatic rings. The lowest BCUT2D eigenvalue weighted by Gasteiger charge is -2.11. The van der Waals surface area contributed by atoms with E-state index in [1.54, 1.807) is 0 Å². The predicted molar refractivity (Wildman–Crippen MR) is 137 cm³/mol. The first-order chi connectivity index (χ1) is 15.3. The maximum absolute atomic E-state index is 6.78. The van der Waals surface area contributed by atoms with Crippen LogP contribution in [0.1, 0.15) is 0 Å². The van der Waals surface area contributed by atoms with Gasteiger partial charge in [0.25, 0.3) is 0 Å². The first-order valence-corrected chi connectivity index (χ1v) is 12.2. The van der Waals surface area contributed by atoms with E-state index in [9.17, 15) is 0 Å². The smallest absolute Gasteiger partial charge is 0.0800 e. The van der Waals surface area contributed by atoms with Gasteiger partial charge in [-0.25, -0.2) is 0 Å². The highest BCUT2D eigenvalue weighted by atomic mass is 35.5. The van der Waals surface area contributed by atoms with Crippen molar-refractivity contribution in [3.63, 3.8) is 0 Å². The van der Waals surface area contributed by atoms with Crippen LogP contribution in [0.3, 0.4) is 0 Å². The van der Waals surface area contributed by atoms with Gasteiger partial charge in [0, 0.05) is 20.9 Å². The molecule has 160 valence electrons. The lowest BCUT2D eigenvalue weighted by Crippen LogP contribution is -1.95. The monoisotopic (exact) mass is 576 g/mol. The first-order valence-electron chi connectivity index (χ1n) is 9.17. The summed E-state index contributed by atoms with van der Waals surface area (Å²) >= 11 is 53.0. The number of hydrogen-bond acceptors (Lipinski definition) is 0. The standard InChI is InChI=1S/C24H8Cl8/c25-17-13-9-5-1-2-6-10(9)14-16(20(28)24(32)22(30)18(14)26)12-8-4-3-7-11(12)15(13)19(27)23(31)21(17)29/h1-8H/b13-9+,14-10+,15-11+,16-12+. The molecule has 0 amide bonds. The van der Waals surface area contributed by atoms with Crippen molar-refractivity contribution in [1.82, 2.24) is 0 Å². The van der Waals surface area contributed by atoms with Crippen molar-refractivity contribution < 1.29 is 0 Å². The lowest BCUT2D eigenvalue weighted by molar-refractivity contribution is 1.29. The Morgan fingerprint density at radius 3 is 0.656 bits per heavy atom. The minimum absolute atomic E-state index is 0.170. The van der Waals surface area contributed by atoms with E-state index in [0.29, 0.717) is 20.9 Å². The number of fused-ring (bicyclic) bond motifs is 4. The normalized spacial score (nSPS) is 16.2. The summed E-state index contributed by atoms with van der Waals surface area (Å²) in [6.07, 6.45) is 0. The Bertz CT molecular complexity index is 1590. The van der Waals surface area contributed by atoms with Gasteiger partial charge < -0.3 is 0 Å². The Hall–Kier alpha value is -0.800. The van der Waals surface area contributed by atoms with Gasteiger partial charge in [0.1, 0.15) is 0 Å². The van der Waals surface area contributed by atoms with Crippen LogP contribution in [-0.4, -0.2) is 0 Å². The highest BCUT2D eigenvalue weighted by Crippen LogP contribution is 2.41. The number of halogens is 8. The number of benzene rings is 4. The fourth-order valence-electron chi connectivity index (χ4n) is 4.11. The van der Waals surface area contributed by atoms with Crippen LogP contribution < -0.4 is 0 Å². The van der Waals surface area contributed by atoms with E-state index in [0.717, 1.165) is 20.9 Å². The second-order valence-electron chi connectivity index (χ2n) is 7.10. The molecule has 0 bridgehead atoms. The SMILES string of the molecule is Clc1c(Cl)c(Cl)c2/c(c1Cl)=c1/cccc/c1=c1\c(Cl)c(Cl)c(Cl)c(Cl)\c1=c1/cccc/c1=2. The molecule has 0 N–H and O–H groups in total. The molecule has 0 atom stereocenters. The Morgan fingerprint density at radius 2 is 0.469 bits per heavy atom. The molecule has 8 heteroatoms. The van der Waals surface area contributed by atoms with Crippen LogP contribution in [0.4, 0.5) is 0 Å². The molecule has 5 rings (SSSR count). The van der Waals surface area contributed by atoms with Crippen molar-refractivity contribution in [3.05, 3.63) is 130 Å². The Morgan fingerprint density at radius 1 is 0.281 bits per heavy atom. The second-order valence-corrected chi connectivity index (χ2v) is 10.1. The van der Waals surface area contributed by atoms with Gasteiger partial charge >= 0.3 is 0 Å². The van der Waals surface area contributed by atoms with Crippen molar-refractivity contribution in [3.8, 4) is 0 Å². The summed E-state index contributed by atoms with van der Waals surface area (Å²) in [5.41, 5.74) is 0. The fourth-order valence-corrected chi connectivity index (χ4v) is 6.23. The molecule has 0 aliphatic heterocycles. The van der Waals surface area contributed by atoms with Crippen LogP contribution in [0.15, 0.2) is 48.5 Å². The third kappa shape index (κ3) is 3.20. The summed E-state index contributed by atoms with van der Waals surface area (Å²) in [4.78, 5) is 0. The summed E-state index contributed by atoms with van der Waals surface area (Å²) in [7, 11) is 0. The van der Waals surface area contributed by atoms with Gasteiger partial charge in [-0.1, -0.05) is 141 Å². The molecule has 0 spiro atoms. The summed E-state index contributed by atoms with van der Waals surface area (Å²) in [5, 5.41) is 7.35. The maximum atomic E-state index is 6.78. The molecule has 1 aliphatic carbocycles. The molecule has 0 unspecified atom stereocenters. The van der Waals surface area contributed by atoms with E-state index < -0.39 is 0 Å². The molecule has 0 heterocycles. The van der Waals surface area contributed by atoms with E-state index in [1.807, 2.05) is 48.5 Å². The van der Waals surface area contributed by atoms with Crippen molar-refractivity contribution in [2.45, 2.75) is 0 Å². The van der Waals surface area contributed by atoms with Crippen molar-refractivity contribution >= 4 is 92.8 Å². The molecule has 0 fully saturated rings. The molecule has 1 aliphatic rings. The van der Waals surface area contributed by atoms with Crippen molar-refractivity contribution in [2.75, 3.05) is 0 Å². The van der Waals surface area contributed by atoms with Gasteiger partial charge in [0.05, 0.1) is 40.2 Å². The van der Waals surface area contributed by atoms with Crippen LogP contribution in [-0.2, 0) is 0 Å². The van der Waals surface area contributed by atoms with Crippen molar-refractivity contribution in [1.29, 1.82) is 0 Å². The van der Waals surface area contributed by atoms with Crippen LogP contribution in [0, 0.1) is 41.7 Å². The summed E-state index contributed by atoms with van der Waals surface area (Å²) < 4.78 is 0. The molecule has 0 saturated heterocycles. The zero-order valence-electron chi connectivity index (χ0n) is 15.6. The number of hydrogen-bond donors (Lipinski definition) is 0. The molecule has 0 saturated carbocycles. The minimum atomic E-state index is 0.170. The summed E-state index contributed by atoms with van der Waals surface area (Å²) in [6, 6.07) is 15.2. The van der Waals surface area contributed by atoms with Gasteiger partial charge in [-0.15, -0.1) is 0 Å². The van der Waals surface area contributed by atoms with E-state index in [-0.39, 0.29) is 40.2 Å². The summed E-state index contributed by atoms with van der Waals surface area (Å²) in [6.45, 7) is 0. The molecule has 0 aromatic heterocycles. The third-order valence-corrected chi connectivity index (χ3v) is 9.07. The molecular formula is C24H8Cl8. The lowest BCUT2D eigenvalue weighted by atomic mass is 10.0. The highest BCUT2D eigenvalue weighted by molar-refractivity contribution is 6.52. The van der Waals surface area contributed by atoms with Crippen LogP contribution >= 0.6 is 92.8 Å².